The van der Waals surface area contributed by atoms with Gasteiger partial charge in [-0.15, -0.1) is 0 Å². The molecular formula is C16H34. The maximum Gasteiger partial charge on any atom is -0.0414 e. The molecule has 98 valence electrons. The molecular weight excluding hydrogens is 192 g/mol. The third-order valence-electron chi connectivity index (χ3n) is 4.27. The Morgan fingerprint density at radius 3 is 1.50 bits per heavy atom. The molecule has 0 N–H and O–H groups in total. The Hall–Kier alpha value is 0. The summed E-state index contributed by atoms with van der Waals surface area (Å²) in [6.07, 6.45) is 5.53. The van der Waals surface area contributed by atoms with E-state index in [1.54, 1.807) is 0 Å². The van der Waals surface area contributed by atoms with Crippen LogP contribution < -0.4 is 0 Å². The molecule has 0 aromatic carbocycles. The molecule has 0 amide bonds. The van der Waals surface area contributed by atoms with Crippen molar-refractivity contribution in [2.24, 2.45) is 29.6 Å². The van der Waals surface area contributed by atoms with E-state index in [4.69, 9.17) is 0 Å². The lowest BCUT2D eigenvalue weighted by molar-refractivity contribution is 0.234. The zero-order chi connectivity index (χ0) is 12.7. The Morgan fingerprint density at radius 1 is 0.625 bits per heavy atom. The van der Waals surface area contributed by atoms with Gasteiger partial charge in [0.1, 0.15) is 0 Å². The summed E-state index contributed by atoms with van der Waals surface area (Å²) in [5, 5.41) is 0. The minimum atomic E-state index is 0.848. The van der Waals surface area contributed by atoms with Crippen LogP contribution >= 0.6 is 0 Å². The minimum absolute atomic E-state index is 0.848. The van der Waals surface area contributed by atoms with Crippen molar-refractivity contribution < 1.29 is 0 Å². The third kappa shape index (κ3) is 6.55. The predicted molar refractivity (Wildman–Crippen MR) is 75.6 cm³/mol. The van der Waals surface area contributed by atoms with Gasteiger partial charge in [0.15, 0.2) is 0 Å². The van der Waals surface area contributed by atoms with E-state index in [1.807, 2.05) is 0 Å². The summed E-state index contributed by atoms with van der Waals surface area (Å²) in [6, 6.07) is 0. The van der Waals surface area contributed by atoms with Gasteiger partial charge in [0.25, 0.3) is 0 Å². The smallest absolute Gasteiger partial charge is 0.0414 e. The number of hydrogen-bond acceptors (Lipinski definition) is 0. The molecule has 0 aromatic rings. The molecule has 0 heteroatoms. The van der Waals surface area contributed by atoms with Crippen LogP contribution in [0.5, 0.6) is 0 Å². The molecule has 0 aliphatic heterocycles. The normalized spacial score (nSPS) is 19.5. The second-order valence-corrected chi connectivity index (χ2v) is 6.56. The molecule has 4 atom stereocenters. The molecule has 0 spiro atoms. The largest absolute Gasteiger partial charge is 0.0654 e. The van der Waals surface area contributed by atoms with Crippen LogP contribution in [-0.4, -0.2) is 0 Å². The highest BCUT2D eigenvalue weighted by Gasteiger charge is 2.19. The SMILES string of the molecule is CCCC(C)C(C)CC(C)C(C)CC(C)C. The average Bonchev–Trinajstić information content (AvgIpc) is 2.16. The minimum Gasteiger partial charge on any atom is -0.0654 e. The van der Waals surface area contributed by atoms with Crippen molar-refractivity contribution in [3.05, 3.63) is 0 Å². The van der Waals surface area contributed by atoms with Crippen molar-refractivity contribution in [3.8, 4) is 0 Å². The van der Waals surface area contributed by atoms with Crippen molar-refractivity contribution in [2.45, 2.75) is 74.1 Å². The van der Waals surface area contributed by atoms with E-state index in [9.17, 15) is 0 Å². The van der Waals surface area contributed by atoms with Crippen LogP contribution in [0.2, 0.25) is 0 Å². The summed E-state index contributed by atoms with van der Waals surface area (Å²) in [7, 11) is 0. The lowest BCUT2D eigenvalue weighted by Gasteiger charge is -2.27. The maximum absolute atomic E-state index is 2.45. The Balaban J connectivity index is 3.97. The van der Waals surface area contributed by atoms with Crippen molar-refractivity contribution in [3.63, 3.8) is 0 Å². The lowest BCUT2D eigenvalue weighted by Crippen LogP contribution is -2.17. The summed E-state index contributed by atoms with van der Waals surface area (Å²) in [6.45, 7) is 16.7. The summed E-state index contributed by atoms with van der Waals surface area (Å²) in [4.78, 5) is 0. The lowest BCUT2D eigenvalue weighted by atomic mass is 9.79. The highest BCUT2D eigenvalue weighted by molar-refractivity contribution is 4.70. The molecule has 0 aromatic heterocycles. The molecule has 0 bridgehead atoms. The summed E-state index contributed by atoms with van der Waals surface area (Å²) >= 11 is 0. The Labute approximate surface area is 104 Å². The van der Waals surface area contributed by atoms with Crippen molar-refractivity contribution in [1.29, 1.82) is 0 Å². The predicted octanol–water partition coefficient (Wildman–Crippen LogP) is 5.77. The monoisotopic (exact) mass is 226 g/mol. The second kappa shape index (κ2) is 8.14. The fourth-order valence-electron chi connectivity index (χ4n) is 2.77. The zero-order valence-corrected chi connectivity index (χ0v) is 12.7. The molecule has 0 saturated heterocycles. The van der Waals surface area contributed by atoms with E-state index in [2.05, 4.69) is 48.5 Å². The Kier molecular flexibility index (Phi) is 8.14. The molecule has 0 rings (SSSR count). The average molecular weight is 226 g/mol. The van der Waals surface area contributed by atoms with Gasteiger partial charge in [-0.25, -0.2) is 0 Å². The first kappa shape index (κ1) is 16.0. The summed E-state index contributed by atoms with van der Waals surface area (Å²) in [5.41, 5.74) is 0. The standard InChI is InChI=1S/C16H34/c1-8-9-13(4)15(6)11-16(7)14(5)10-12(2)3/h12-16H,8-11H2,1-7H3. The van der Waals surface area contributed by atoms with Crippen LogP contribution in [0.3, 0.4) is 0 Å². The van der Waals surface area contributed by atoms with Gasteiger partial charge in [0.2, 0.25) is 0 Å². The van der Waals surface area contributed by atoms with Crippen LogP contribution in [0.25, 0.3) is 0 Å². The summed E-state index contributed by atoms with van der Waals surface area (Å²) < 4.78 is 0. The fraction of sp³-hybridized carbons (Fsp3) is 1.00. The number of rotatable bonds is 8. The van der Waals surface area contributed by atoms with Crippen LogP contribution in [0, 0.1) is 29.6 Å². The molecule has 0 aliphatic rings. The van der Waals surface area contributed by atoms with Crippen LogP contribution in [-0.2, 0) is 0 Å². The molecule has 0 radical (unpaired) electrons. The van der Waals surface area contributed by atoms with Crippen LogP contribution in [0.1, 0.15) is 74.1 Å². The summed E-state index contributed by atoms with van der Waals surface area (Å²) in [5.74, 6) is 4.41. The van der Waals surface area contributed by atoms with Gasteiger partial charge in [-0.1, -0.05) is 61.3 Å². The second-order valence-electron chi connectivity index (χ2n) is 6.56. The van der Waals surface area contributed by atoms with Gasteiger partial charge in [-0.2, -0.15) is 0 Å². The van der Waals surface area contributed by atoms with E-state index in [1.165, 1.54) is 25.7 Å². The topological polar surface area (TPSA) is 0 Å². The molecule has 0 saturated carbocycles. The molecule has 0 aliphatic carbocycles. The van der Waals surface area contributed by atoms with Gasteiger partial charge in [-0.3, -0.25) is 0 Å². The highest BCUT2D eigenvalue weighted by atomic mass is 14.2. The van der Waals surface area contributed by atoms with Crippen molar-refractivity contribution in [1.82, 2.24) is 0 Å². The zero-order valence-electron chi connectivity index (χ0n) is 12.7. The van der Waals surface area contributed by atoms with E-state index in [0.29, 0.717) is 0 Å². The first-order valence-electron chi connectivity index (χ1n) is 7.38. The Bertz CT molecular complexity index is 159. The molecule has 0 heterocycles. The van der Waals surface area contributed by atoms with E-state index in [0.717, 1.165) is 29.6 Å². The van der Waals surface area contributed by atoms with Gasteiger partial charge >= 0.3 is 0 Å². The molecule has 0 nitrogen and oxygen atoms in total. The van der Waals surface area contributed by atoms with Gasteiger partial charge in [0, 0.05) is 0 Å². The van der Waals surface area contributed by atoms with Crippen molar-refractivity contribution in [2.75, 3.05) is 0 Å². The van der Waals surface area contributed by atoms with Gasteiger partial charge in [-0.05, 0) is 42.4 Å². The van der Waals surface area contributed by atoms with E-state index in [-0.39, 0.29) is 0 Å². The first-order valence-corrected chi connectivity index (χ1v) is 7.38. The van der Waals surface area contributed by atoms with Gasteiger partial charge < -0.3 is 0 Å². The fourth-order valence-corrected chi connectivity index (χ4v) is 2.77. The third-order valence-corrected chi connectivity index (χ3v) is 4.27. The van der Waals surface area contributed by atoms with Crippen molar-refractivity contribution >= 4 is 0 Å². The molecule has 16 heavy (non-hydrogen) atoms. The molecule has 0 fully saturated rings. The first-order chi connectivity index (χ1) is 7.38. The van der Waals surface area contributed by atoms with Crippen LogP contribution in [0.4, 0.5) is 0 Å². The molecule has 4 unspecified atom stereocenters. The quantitative estimate of drug-likeness (QED) is 0.493. The van der Waals surface area contributed by atoms with Gasteiger partial charge in [0.05, 0.1) is 0 Å². The maximum atomic E-state index is 2.45. The Morgan fingerprint density at radius 2 is 1.06 bits per heavy atom. The number of hydrogen-bond donors (Lipinski definition) is 0. The van der Waals surface area contributed by atoms with E-state index >= 15 is 0 Å². The van der Waals surface area contributed by atoms with Crippen LogP contribution in [0.15, 0.2) is 0 Å². The highest BCUT2D eigenvalue weighted by Crippen LogP contribution is 2.29. The van der Waals surface area contributed by atoms with E-state index < -0.39 is 0 Å².